The molecule has 1 N–H and O–H groups in total. The van der Waals surface area contributed by atoms with E-state index in [2.05, 4.69) is 17.3 Å². The molecule has 2 aromatic rings. The summed E-state index contributed by atoms with van der Waals surface area (Å²) in [4.78, 5) is 12.3. The highest BCUT2D eigenvalue weighted by molar-refractivity contribution is 5.95. The van der Waals surface area contributed by atoms with Crippen molar-refractivity contribution in [2.75, 3.05) is 0 Å². The van der Waals surface area contributed by atoms with Crippen LogP contribution >= 0.6 is 0 Å². The summed E-state index contributed by atoms with van der Waals surface area (Å²) < 4.78 is 1.94. The van der Waals surface area contributed by atoms with Crippen LogP contribution in [0.2, 0.25) is 0 Å². The number of hydrogen-bond acceptors (Lipinski definition) is 2. The van der Waals surface area contributed by atoms with E-state index in [1.54, 1.807) is 0 Å². The van der Waals surface area contributed by atoms with Gasteiger partial charge >= 0.3 is 0 Å². The Bertz CT molecular complexity index is 616. The number of amides is 1. The maximum atomic E-state index is 12.3. The molecule has 4 heteroatoms. The van der Waals surface area contributed by atoms with Crippen LogP contribution < -0.4 is 5.32 Å². The standard InChI is InChI=1S/C16H21N3O/c1-5-19-13(4)15(10-17-19)12(3)18-16(20)14-9-7-6-8-11(14)2/h6-10,12H,5H2,1-4H3,(H,18,20). The zero-order chi connectivity index (χ0) is 14.7. The van der Waals surface area contributed by atoms with Gasteiger partial charge in [-0.15, -0.1) is 0 Å². The van der Waals surface area contributed by atoms with Crippen LogP contribution in [0.5, 0.6) is 0 Å². The fourth-order valence-electron chi connectivity index (χ4n) is 2.38. The van der Waals surface area contributed by atoms with E-state index in [-0.39, 0.29) is 11.9 Å². The molecular weight excluding hydrogens is 250 g/mol. The number of nitrogens with one attached hydrogen (secondary N) is 1. The molecule has 1 aromatic carbocycles. The highest BCUT2D eigenvalue weighted by atomic mass is 16.1. The second-order valence-electron chi connectivity index (χ2n) is 5.01. The molecule has 20 heavy (non-hydrogen) atoms. The van der Waals surface area contributed by atoms with E-state index in [9.17, 15) is 4.79 Å². The van der Waals surface area contributed by atoms with Crippen LogP contribution in [0.4, 0.5) is 0 Å². The summed E-state index contributed by atoms with van der Waals surface area (Å²) in [5.41, 5.74) is 3.87. The van der Waals surface area contributed by atoms with E-state index in [0.717, 1.165) is 28.9 Å². The van der Waals surface area contributed by atoms with E-state index >= 15 is 0 Å². The number of aromatic nitrogens is 2. The summed E-state index contributed by atoms with van der Waals surface area (Å²) in [6, 6.07) is 7.56. The average molecular weight is 271 g/mol. The molecule has 0 fully saturated rings. The number of carbonyl (C=O) groups is 1. The van der Waals surface area contributed by atoms with Gasteiger partial charge in [0, 0.05) is 23.4 Å². The quantitative estimate of drug-likeness (QED) is 0.929. The van der Waals surface area contributed by atoms with Gasteiger partial charge in [0.2, 0.25) is 0 Å². The Morgan fingerprint density at radius 2 is 2.05 bits per heavy atom. The lowest BCUT2D eigenvalue weighted by molar-refractivity contribution is 0.0939. The Labute approximate surface area is 119 Å². The van der Waals surface area contributed by atoms with Crippen LogP contribution in [0.15, 0.2) is 30.5 Å². The lowest BCUT2D eigenvalue weighted by Gasteiger charge is -2.15. The summed E-state index contributed by atoms with van der Waals surface area (Å²) in [5, 5.41) is 7.36. The van der Waals surface area contributed by atoms with Crippen LogP contribution in [0.3, 0.4) is 0 Å². The van der Waals surface area contributed by atoms with Crippen molar-refractivity contribution in [2.45, 2.75) is 40.3 Å². The molecule has 0 aliphatic rings. The number of carbonyl (C=O) groups excluding carboxylic acids is 1. The minimum absolute atomic E-state index is 0.0424. The molecule has 106 valence electrons. The molecule has 1 aromatic heterocycles. The molecule has 0 bridgehead atoms. The van der Waals surface area contributed by atoms with Crippen LogP contribution in [0, 0.1) is 13.8 Å². The SMILES string of the molecule is CCn1ncc(C(C)NC(=O)c2ccccc2C)c1C. The van der Waals surface area contributed by atoms with Crippen LogP contribution in [-0.2, 0) is 6.54 Å². The van der Waals surface area contributed by atoms with E-state index in [1.165, 1.54) is 0 Å². The molecule has 4 nitrogen and oxygen atoms in total. The molecule has 0 saturated carbocycles. The van der Waals surface area contributed by atoms with Gasteiger partial charge in [0.15, 0.2) is 0 Å². The van der Waals surface area contributed by atoms with Crippen LogP contribution in [0.1, 0.15) is 47.1 Å². The number of aryl methyl sites for hydroxylation is 2. The predicted octanol–water partition coefficient (Wildman–Crippen LogP) is 3.01. The van der Waals surface area contributed by atoms with Gasteiger partial charge in [-0.2, -0.15) is 5.10 Å². The first-order chi connectivity index (χ1) is 9.54. The monoisotopic (exact) mass is 271 g/mol. The minimum atomic E-state index is -0.0533. The van der Waals surface area contributed by atoms with Gasteiger partial charge in [-0.3, -0.25) is 9.48 Å². The van der Waals surface area contributed by atoms with E-state index < -0.39 is 0 Å². The van der Waals surface area contributed by atoms with Gasteiger partial charge in [-0.25, -0.2) is 0 Å². The second-order valence-corrected chi connectivity index (χ2v) is 5.01. The second kappa shape index (κ2) is 5.90. The van der Waals surface area contributed by atoms with Crippen molar-refractivity contribution in [3.63, 3.8) is 0 Å². The molecule has 0 radical (unpaired) electrons. The van der Waals surface area contributed by atoms with Crippen molar-refractivity contribution in [1.82, 2.24) is 15.1 Å². The first-order valence-corrected chi connectivity index (χ1v) is 6.93. The van der Waals surface area contributed by atoms with Gasteiger partial charge in [0.05, 0.1) is 12.2 Å². The van der Waals surface area contributed by atoms with Crippen molar-refractivity contribution < 1.29 is 4.79 Å². The fraction of sp³-hybridized carbons (Fsp3) is 0.375. The van der Waals surface area contributed by atoms with Gasteiger partial charge in [-0.05, 0) is 39.3 Å². The van der Waals surface area contributed by atoms with Crippen molar-refractivity contribution in [1.29, 1.82) is 0 Å². The van der Waals surface area contributed by atoms with Gasteiger partial charge < -0.3 is 5.32 Å². The Kier molecular flexibility index (Phi) is 4.23. The maximum Gasteiger partial charge on any atom is 0.252 e. The normalized spacial score (nSPS) is 12.2. The van der Waals surface area contributed by atoms with Gasteiger partial charge in [0.25, 0.3) is 5.91 Å². The minimum Gasteiger partial charge on any atom is -0.345 e. The number of hydrogen-bond donors (Lipinski definition) is 1. The highest BCUT2D eigenvalue weighted by Gasteiger charge is 2.16. The fourth-order valence-corrected chi connectivity index (χ4v) is 2.38. The average Bonchev–Trinajstić information content (AvgIpc) is 2.80. The Hall–Kier alpha value is -2.10. The molecule has 1 amide bonds. The third-order valence-electron chi connectivity index (χ3n) is 3.64. The molecule has 0 aliphatic heterocycles. The van der Waals surface area contributed by atoms with Crippen LogP contribution in [0.25, 0.3) is 0 Å². The van der Waals surface area contributed by atoms with Crippen molar-refractivity contribution in [2.24, 2.45) is 0 Å². The Balaban J connectivity index is 2.15. The summed E-state index contributed by atoms with van der Waals surface area (Å²) in [6.45, 7) is 8.85. The molecule has 0 saturated heterocycles. The molecule has 1 atom stereocenters. The van der Waals surface area contributed by atoms with E-state index in [0.29, 0.717) is 0 Å². The first kappa shape index (κ1) is 14.3. The van der Waals surface area contributed by atoms with Crippen molar-refractivity contribution in [3.8, 4) is 0 Å². The van der Waals surface area contributed by atoms with E-state index in [4.69, 9.17) is 0 Å². The zero-order valence-corrected chi connectivity index (χ0v) is 12.5. The third-order valence-corrected chi connectivity index (χ3v) is 3.64. The van der Waals surface area contributed by atoms with Crippen molar-refractivity contribution >= 4 is 5.91 Å². The Morgan fingerprint density at radius 3 is 2.65 bits per heavy atom. The number of nitrogens with zero attached hydrogens (tertiary/aromatic N) is 2. The maximum absolute atomic E-state index is 12.3. The molecule has 1 unspecified atom stereocenters. The smallest absolute Gasteiger partial charge is 0.252 e. The van der Waals surface area contributed by atoms with Crippen LogP contribution in [-0.4, -0.2) is 15.7 Å². The number of benzene rings is 1. The summed E-state index contributed by atoms with van der Waals surface area (Å²) in [7, 11) is 0. The van der Waals surface area contributed by atoms with Gasteiger partial charge in [-0.1, -0.05) is 18.2 Å². The summed E-state index contributed by atoms with van der Waals surface area (Å²) in [5.74, 6) is -0.0424. The first-order valence-electron chi connectivity index (χ1n) is 6.93. The number of rotatable bonds is 4. The topological polar surface area (TPSA) is 46.9 Å². The largest absolute Gasteiger partial charge is 0.345 e. The lowest BCUT2D eigenvalue weighted by Crippen LogP contribution is -2.27. The summed E-state index contributed by atoms with van der Waals surface area (Å²) in [6.07, 6.45) is 1.83. The molecule has 0 spiro atoms. The van der Waals surface area contributed by atoms with Gasteiger partial charge in [0.1, 0.15) is 0 Å². The lowest BCUT2D eigenvalue weighted by atomic mass is 10.1. The third kappa shape index (κ3) is 2.74. The predicted molar refractivity (Wildman–Crippen MR) is 79.7 cm³/mol. The van der Waals surface area contributed by atoms with Crippen molar-refractivity contribution in [3.05, 3.63) is 52.8 Å². The van der Waals surface area contributed by atoms with E-state index in [1.807, 2.05) is 55.9 Å². The Morgan fingerprint density at radius 1 is 1.35 bits per heavy atom. The molecule has 2 rings (SSSR count). The zero-order valence-electron chi connectivity index (χ0n) is 12.5. The molecular formula is C16H21N3O. The highest BCUT2D eigenvalue weighted by Crippen LogP contribution is 2.18. The molecule has 1 heterocycles. The molecule has 0 aliphatic carbocycles. The summed E-state index contributed by atoms with van der Waals surface area (Å²) >= 11 is 0.